The molecule has 0 saturated carbocycles. The number of nitrogens with one attached hydrogen (secondary N) is 1. The smallest absolute Gasteiger partial charge is 0.262 e. The fraction of sp³-hybridized carbons (Fsp3) is 0.200. The molecule has 0 spiro atoms. The predicted octanol–water partition coefficient (Wildman–Crippen LogP) is 1.13. The molecule has 1 heterocycles. The number of allylic oxidation sites excluding steroid dienone is 2. The molecule has 4 nitrogen and oxygen atoms in total. The first-order valence-electron chi connectivity index (χ1n) is 4.14. The second-order valence-corrected chi connectivity index (χ2v) is 2.72. The van der Waals surface area contributed by atoms with Gasteiger partial charge in [-0.1, -0.05) is 19.2 Å². The van der Waals surface area contributed by atoms with E-state index in [-0.39, 0.29) is 12.5 Å². The molecule has 1 rings (SSSR count). The molecule has 1 saturated heterocycles. The summed E-state index contributed by atoms with van der Waals surface area (Å²) in [4.78, 5) is 15.0. The lowest BCUT2D eigenvalue weighted by atomic mass is 10.2. The number of rotatable bonds is 2. The minimum atomic E-state index is -0.191. The second kappa shape index (κ2) is 4.41. The summed E-state index contributed by atoms with van der Waals surface area (Å²) in [5.41, 5.74) is 1.36. The van der Waals surface area contributed by atoms with E-state index >= 15 is 0 Å². The van der Waals surface area contributed by atoms with Crippen molar-refractivity contribution >= 4 is 11.8 Å². The van der Waals surface area contributed by atoms with Gasteiger partial charge in [-0.2, -0.15) is 0 Å². The lowest BCUT2D eigenvalue weighted by molar-refractivity contribution is -0.123. The Kier molecular flexibility index (Phi) is 3.23. The molecular weight excluding hydrogens is 180 g/mol. The van der Waals surface area contributed by atoms with E-state index in [0.29, 0.717) is 11.6 Å². The van der Waals surface area contributed by atoms with Crippen LogP contribution in [0.25, 0.3) is 0 Å². The molecule has 1 fully saturated rings. The molecule has 74 valence electrons. The van der Waals surface area contributed by atoms with Gasteiger partial charge in [-0.15, -0.1) is 0 Å². The molecule has 0 aromatic heterocycles. The van der Waals surface area contributed by atoms with Crippen LogP contribution in [-0.4, -0.2) is 18.4 Å². The Morgan fingerprint density at radius 2 is 2.36 bits per heavy atom. The molecule has 4 heteroatoms. The van der Waals surface area contributed by atoms with Gasteiger partial charge in [0.25, 0.3) is 5.91 Å². The van der Waals surface area contributed by atoms with E-state index in [2.05, 4.69) is 23.5 Å². The van der Waals surface area contributed by atoms with Crippen LogP contribution in [0.4, 0.5) is 0 Å². The number of nitrogens with zero attached hydrogens (tertiary/aromatic N) is 1. The Balaban J connectivity index is 3.07. The molecule has 0 aliphatic carbocycles. The number of hydrogen-bond donors (Lipinski definition) is 1. The molecule has 0 aromatic rings. The minimum absolute atomic E-state index is 0.0133. The monoisotopic (exact) mass is 192 g/mol. The van der Waals surface area contributed by atoms with Crippen molar-refractivity contribution < 1.29 is 9.53 Å². The summed E-state index contributed by atoms with van der Waals surface area (Å²) < 4.78 is 5.13. The summed E-state index contributed by atoms with van der Waals surface area (Å²) in [6.45, 7) is 8.88. The first kappa shape index (κ1) is 10.2. The summed E-state index contributed by atoms with van der Waals surface area (Å²) in [6, 6.07) is 0. The van der Waals surface area contributed by atoms with Crippen molar-refractivity contribution in [3.05, 3.63) is 36.7 Å². The van der Waals surface area contributed by atoms with Crippen molar-refractivity contribution in [2.75, 3.05) is 6.61 Å². The molecule has 1 aliphatic heterocycles. The Labute approximate surface area is 82.7 Å². The zero-order valence-electron chi connectivity index (χ0n) is 8.04. The van der Waals surface area contributed by atoms with Gasteiger partial charge in [0.15, 0.2) is 6.61 Å². The Hall–Kier alpha value is -1.84. The summed E-state index contributed by atoms with van der Waals surface area (Å²) in [7, 11) is 0. The second-order valence-electron chi connectivity index (χ2n) is 2.72. The van der Waals surface area contributed by atoms with Gasteiger partial charge in [-0.05, 0) is 12.5 Å². The van der Waals surface area contributed by atoms with Crippen LogP contribution < -0.4 is 5.32 Å². The van der Waals surface area contributed by atoms with Crippen LogP contribution in [0, 0.1) is 0 Å². The highest BCUT2D eigenvalue weighted by atomic mass is 16.5. The maximum Gasteiger partial charge on any atom is 0.262 e. The van der Waals surface area contributed by atoms with Gasteiger partial charge in [0.2, 0.25) is 5.90 Å². The number of carbonyl (C=O) groups is 1. The summed E-state index contributed by atoms with van der Waals surface area (Å²) in [6.07, 6.45) is 2.99. The van der Waals surface area contributed by atoms with E-state index < -0.39 is 0 Å². The maximum absolute atomic E-state index is 11.1. The first-order valence-corrected chi connectivity index (χ1v) is 4.14. The van der Waals surface area contributed by atoms with Crippen LogP contribution in [0.1, 0.15) is 6.92 Å². The molecular formula is C10H12N2O2. The van der Waals surface area contributed by atoms with Gasteiger partial charge >= 0.3 is 0 Å². The molecule has 0 radical (unpaired) electrons. The largest absolute Gasteiger partial charge is 0.466 e. The van der Waals surface area contributed by atoms with Crippen LogP contribution in [-0.2, 0) is 9.53 Å². The van der Waals surface area contributed by atoms with Crippen molar-refractivity contribution in [1.29, 1.82) is 0 Å². The van der Waals surface area contributed by atoms with E-state index in [9.17, 15) is 4.79 Å². The zero-order valence-corrected chi connectivity index (χ0v) is 8.04. The number of morpholine rings is 1. The van der Waals surface area contributed by atoms with Crippen molar-refractivity contribution in [2.24, 2.45) is 4.99 Å². The highest BCUT2D eigenvalue weighted by Crippen LogP contribution is 2.09. The molecule has 0 bridgehead atoms. The lowest BCUT2D eigenvalue weighted by Gasteiger charge is -2.19. The maximum atomic E-state index is 11.1. The van der Waals surface area contributed by atoms with E-state index in [1.807, 2.05) is 6.92 Å². The number of aliphatic imine (C=N–C) groups is 1. The fourth-order valence-electron chi connectivity index (χ4n) is 0.989. The molecule has 1 amide bonds. The zero-order chi connectivity index (χ0) is 10.6. The number of ether oxygens (including phenoxy) is 1. The number of amides is 1. The van der Waals surface area contributed by atoms with Gasteiger partial charge in [-0.25, -0.2) is 4.99 Å². The average molecular weight is 192 g/mol. The third-order valence-electron chi connectivity index (χ3n) is 1.73. The van der Waals surface area contributed by atoms with Crippen LogP contribution in [0.5, 0.6) is 0 Å². The molecule has 0 unspecified atom stereocenters. The third-order valence-corrected chi connectivity index (χ3v) is 1.73. The van der Waals surface area contributed by atoms with Gasteiger partial charge in [0.05, 0.1) is 0 Å². The Morgan fingerprint density at radius 1 is 1.64 bits per heavy atom. The van der Waals surface area contributed by atoms with Gasteiger partial charge in [0.1, 0.15) is 5.70 Å². The van der Waals surface area contributed by atoms with Crippen molar-refractivity contribution in [3.8, 4) is 0 Å². The van der Waals surface area contributed by atoms with E-state index in [1.165, 1.54) is 6.20 Å². The van der Waals surface area contributed by atoms with Crippen LogP contribution in [0.3, 0.4) is 0 Å². The molecule has 1 aliphatic rings. The van der Waals surface area contributed by atoms with Crippen molar-refractivity contribution in [1.82, 2.24) is 5.32 Å². The van der Waals surface area contributed by atoms with Crippen LogP contribution >= 0.6 is 0 Å². The Bertz CT molecular complexity index is 340. The quantitative estimate of drug-likeness (QED) is 0.713. The number of carbonyl (C=O) groups excluding carboxylic acids is 1. The van der Waals surface area contributed by atoms with Crippen molar-refractivity contribution in [3.63, 3.8) is 0 Å². The summed E-state index contributed by atoms with van der Waals surface area (Å²) in [5, 5.41) is 2.67. The number of hydrogen-bond acceptors (Lipinski definition) is 3. The molecule has 0 aromatic carbocycles. The van der Waals surface area contributed by atoms with Gasteiger partial charge < -0.3 is 10.1 Å². The summed E-state index contributed by atoms with van der Waals surface area (Å²) >= 11 is 0. The highest BCUT2D eigenvalue weighted by molar-refractivity contribution is 6.02. The Morgan fingerprint density at radius 3 is 2.93 bits per heavy atom. The molecule has 1 N–H and O–H groups in total. The average Bonchev–Trinajstić information content (AvgIpc) is 2.20. The SMILES string of the molecule is C=CN=C1OCC(=O)N/C1=C(\C)C=C. The van der Waals surface area contributed by atoms with Gasteiger partial charge in [0, 0.05) is 6.20 Å². The van der Waals surface area contributed by atoms with Crippen LogP contribution in [0.15, 0.2) is 41.7 Å². The third kappa shape index (κ3) is 2.10. The first-order chi connectivity index (χ1) is 6.69. The fourth-order valence-corrected chi connectivity index (χ4v) is 0.989. The lowest BCUT2D eigenvalue weighted by Crippen LogP contribution is -2.39. The minimum Gasteiger partial charge on any atom is -0.466 e. The highest BCUT2D eigenvalue weighted by Gasteiger charge is 2.20. The van der Waals surface area contributed by atoms with Crippen LogP contribution in [0.2, 0.25) is 0 Å². The summed E-state index contributed by atoms with van der Waals surface area (Å²) in [5.74, 6) is 0.182. The van der Waals surface area contributed by atoms with Gasteiger partial charge in [-0.3, -0.25) is 4.79 Å². The molecule has 0 atom stereocenters. The van der Waals surface area contributed by atoms with E-state index in [1.54, 1.807) is 6.08 Å². The van der Waals surface area contributed by atoms with Crippen molar-refractivity contribution in [2.45, 2.75) is 6.92 Å². The standard InChI is InChI=1S/C10H12N2O2/c1-4-7(3)9-10(11-5-2)14-6-8(13)12-9/h4-5H,1-2,6H2,3H3,(H,12,13)/b9-7+,11-10?. The molecule has 14 heavy (non-hydrogen) atoms. The topological polar surface area (TPSA) is 50.7 Å². The predicted molar refractivity (Wildman–Crippen MR) is 54.6 cm³/mol. The van der Waals surface area contributed by atoms with E-state index in [0.717, 1.165) is 5.57 Å². The normalized spacial score (nSPS) is 22.4. The van der Waals surface area contributed by atoms with E-state index in [4.69, 9.17) is 4.74 Å².